The average Bonchev–Trinajstić information content (AvgIpc) is 2.84. The van der Waals surface area contributed by atoms with Gasteiger partial charge in [0.1, 0.15) is 4.88 Å². The number of fused-ring (bicyclic) bond motifs is 1. The van der Waals surface area contributed by atoms with Crippen LogP contribution in [0.1, 0.15) is 42.3 Å². The molecule has 1 aliphatic rings. The van der Waals surface area contributed by atoms with E-state index in [1.54, 1.807) is 0 Å². The molecule has 3 rings (SSSR count). The summed E-state index contributed by atoms with van der Waals surface area (Å²) in [6.07, 6.45) is 4.46. The van der Waals surface area contributed by atoms with Gasteiger partial charge in [0.05, 0.1) is 5.02 Å². The van der Waals surface area contributed by atoms with E-state index >= 15 is 0 Å². The van der Waals surface area contributed by atoms with Crippen molar-refractivity contribution in [3.05, 3.63) is 34.2 Å². The van der Waals surface area contributed by atoms with Crippen LogP contribution in [0.15, 0.2) is 24.3 Å². The Labute approximate surface area is 128 Å². The lowest BCUT2D eigenvalue weighted by Crippen LogP contribution is -2.43. The van der Waals surface area contributed by atoms with Crippen molar-refractivity contribution in [2.45, 2.75) is 38.6 Å². The summed E-state index contributed by atoms with van der Waals surface area (Å²) < 4.78 is 1.09. The summed E-state index contributed by atoms with van der Waals surface area (Å²) in [5, 5.41) is 1.61. The molecule has 2 nitrogen and oxygen atoms in total. The van der Waals surface area contributed by atoms with Gasteiger partial charge in [0, 0.05) is 22.7 Å². The van der Waals surface area contributed by atoms with Crippen molar-refractivity contribution in [1.82, 2.24) is 4.90 Å². The van der Waals surface area contributed by atoms with Crippen LogP contribution in [0.5, 0.6) is 0 Å². The molecule has 106 valence electrons. The van der Waals surface area contributed by atoms with E-state index in [-0.39, 0.29) is 5.91 Å². The summed E-state index contributed by atoms with van der Waals surface area (Å²) in [6.45, 7) is 3.02. The lowest BCUT2D eigenvalue weighted by Gasteiger charge is -2.35. The minimum absolute atomic E-state index is 0.114. The Morgan fingerprint density at radius 3 is 2.95 bits per heavy atom. The predicted molar refractivity (Wildman–Crippen MR) is 85.8 cm³/mol. The molecule has 4 heteroatoms. The van der Waals surface area contributed by atoms with Gasteiger partial charge in [-0.1, -0.05) is 36.7 Å². The smallest absolute Gasteiger partial charge is 0.265 e. The van der Waals surface area contributed by atoms with Crippen molar-refractivity contribution in [1.29, 1.82) is 0 Å². The van der Waals surface area contributed by atoms with Gasteiger partial charge in [-0.15, -0.1) is 11.3 Å². The normalized spacial score (nSPS) is 19.5. The summed E-state index contributed by atoms with van der Waals surface area (Å²) in [5.74, 6) is 0.114. The van der Waals surface area contributed by atoms with Gasteiger partial charge < -0.3 is 4.90 Å². The Hall–Kier alpha value is -1.06. The van der Waals surface area contributed by atoms with Gasteiger partial charge in [0.25, 0.3) is 5.91 Å². The van der Waals surface area contributed by atoms with Crippen LogP contribution in [0, 0.1) is 0 Å². The molecular weight excluding hydrogens is 290 g/mol. The Balaban J connectivity index is 1.97. The van der Waals surface area contributed by atoms with Crippen molar-refractivity contribution in [3.63, 3.8) is 0 Å². The fraction of sp³-hybridized carbons (Fsp3) is 0.438. The van der Waals surface area contributed by atoms with E-state index in [0.717, 1.165) is 35.9 Å². The SMILES string of the molecule is CC[C@@H]1CCCCN1C(=O)c1sc2ccccc2c1Cl. The van der Waals surface area contributed by atoms with Gasteiger partial charge in [-0.05, 0) is 31.7 Å². The van der Waals surface area contributed by atoms with E-state index in [1.807, 2.05) is 29.2 Å². The molecule has 0 saturated carbocycles. The lowest BCUT2D eigenvalue weighted by atomic mass is 10.00. The fourth-order valence-corrected chi connectivity index (χ4v) is 4.44. The van der Waals surface area contributed by atoms with Crippen molar-refractivity contribution in [2.75, 3.05) is 6.54 Å². The zero-order chi connectivity index (χ0) is 14.1. The number of nitrogens with zero attached hydrogens (tertiary/aromatic N) is 1. The largest absolute Gasteiger partial charge is 0.335 e. The number of benzene rings is 1. The van der Waals surface area contributed by atoms with Gasteiger partial charge in [0.15, 0.2) is 0 Å². The van der Waals surface area contributed by atoms with Crippen LogP contribution in [0.25, 0.3) is 10.1 Å². The minimum atomic E-state index is 0.114. The van der Waals surface area contributed by atoms with Crippen molar-refractivity contribution < 1.29 is 4.79 Å². The molecule has 1 saturated heterocycles. The molecule has 0 aliphatic carbocycles. The zero-order valence-electron chi connectivity index (χ0n) is 11.6. The maximum absolute atomic E-state index is 12.8. The number of halogens is 1. The third-order valence-corrected chi connectivity index (χ3v) is 5.75. The summed E-state index contributed by atoms with van der Waals surface area (Å²) in [4.78, 5) is 15.5. The first-order valence-electron chi connectivity index (χ1n) is 7.20. The highest BCUT2D eigenvalue weighted by molar-refractivity contribution is 7.21. The fourth-order valence-electron chi connectivity index (χ4n) is 2.97. The quantitative estimate of drug-likeness (QED) is 0.768. The molecule has 20 heavy (non-hydrogen) atoms. The van der Waals surface area contributed by atoms with Crippen LogP contribution in [-0.2, 0) is 0 Å². The Kier molecular flexibility index (Phi) is 3.99. The van der Waals surface area contributed by atoms with Gasteiger partial charge in [0.2, 0.25) is 0 Å². The number of hydrogen-bond donors (Lipinski definition) is 0. The first-order chi connectivity index (χ1) is 9.72. The van der Waals surface area contributed by atoms with Gasteiger partial charge in [-0.25, -0.2) is 0 Å². The van der Waals surface area contributed by atoms with E-state index in [1.165, 1.54) is 17.8 Å². The number of hydrogen-bond acceptors (Lipinski definition) is 2. The maximum Gasteiger partial charge on any atom is 0.265 e. The molecule has 0 radical (unpaired) electrons. The highest BCUT2D eigenvalue weighted by Crippen LogP contribution is 2.37. The molecule has 0 N–H and O–H groups in total. The second kappa shape index (κ2) is 5.74. The summed E-state index contributed by atoms with van der Waals surface area (Å²) >= 11 is 7.94. The molecule has 0 unspecified atom stereocenters. The van der Waals surface area contributed by atoms with Crippen LogP contribution >= 0.6 is 22.9 Å². The summed E-state index contributed by atoms with van der Waals surface area (Å²) in [5.41, 5.74) is 0. The van der Waals surface area contributed by atoms with Crippen LogP contribution in [0.2, 0.25) is 5.02 Å². The topological polar surface area (TPSA) is 20.3 Å². The highest BCUT2D eigenvalue weighted by Gasteiger charge is 2.29. The second-order valence-corrected chi connectivity index (χ2v) is 6.73. The molecule has 2 heterocycles. The van der Waals surface area contributed by atoms with Crippen LogP contribution in [0.3, 0.4) is 0 Å². The third kappa shape index (κ3) is 2.33. The molecule has 1 amide bonds. The van der Waals surface area contributed by atoms with Crippen LogP contribution in [-0.4, -0.2) is 23.4 Å². The predicted octanol–water partition coefficient (Wildman–Crippen LogP) is 4.96. The van der Waals surface area contributed by atoms with E-state index in [0.29, 0.717) is 15.9 Å². The number of carbonyl (C=O) groups excluding carboxylic acids is 1. The molecule has 1 atom stereocenters. The Bertz CT molecular complexity index is 636. The summed E-state index contributed by atoms with van der Waals surface area (Å²) in [7, 11) is 0. The maximum atomic E-state index is 12.8. The molecule has 0 bridgehead atoms. The molecule has 1 aromatic carbocycles. The molecule has 2 aromatic rings. The zero-order valence-corrected chi connectivity index (χ0v) is 13.1. The molecule has 1 fully saturated rings. The number of piperidine rings is 1. The first-order valence-corrected chi connectivity index (χ1v) is 8.39. The van der Waals surface area contributed by atoms with E-state index in [4.69, 9.17) is 11.6 Å². The van der Waals surface area contributed by atoms with E-state index in [9.17, 15) is 4.79 Å². The molecule has 1 aliphatic heterocycles. The van der Waals surface area contributed by atoms with E-state index < -0.39 is 0 Å². The minimum Gasteiger partial charge on any atom is -0.335 e. The summed E-state index contributed by atoms with van der Waals surface area (Å²) in [6, 6.07) is 8.33. The second-order valence-electron chi connectivity index (χ2n) is 5.30. The number of likely N-dealkylation sites (tertiary alicyclic amines) is 1. The lowest BCUT2D eigenvalue weighted by molar-refractivity contribution is 0.0613. The van der Waals surface area contributed by atoms with Gasteiger partial charge >= 0.3 is 0 Å². The van der Waals surface area contributed by atoms with Gasteiger partial charge in [-0.2, -0.15) is 0 Å². The molecule has 0 spiro atoms. The Morgan fingerprint density at radius 1 is 1.40 bits per heavy atom. The third-order valence-electron chi connectivity index (χ3n) is 4.09. The number of carbonyl (C=O) groups is 1. The number of thiophene rings is 1. The standard InChI is InChI=1S/C16H18ClNOS/c1-2-11-7-5-6-10-18(11)16(19)15-14(17)12-8-3-4-9-13(12)20-15/h3-4,8-9,11H,2,5-7,10H2,1H3/t11-/m1/s1. The van der Waals surface area contributed by atoms with E-state index in [2.05, 4.69) is 6.92 Å². The van der Waals surface area contributed by atoms with Crippen LogP contribution in [0.4, 0.5) is 0 Å². The van der Waals surface area contributed by atoms with Gasteiger partial charge in [-0.3, -0.25) is 4.79 Å². The molecular formula is C16H18ClNOS. The molecule has 1 aromatic heterocycles. The van der Waals surface area contributed by atoms with Crippen molar-refractivity contribution in [2.24, 2.45) is 0 Å². The number of rotatable bonds is 2. The monoisotopic (exact) mass is 307 g/mol. The Morgan fingerprint density at radius 2 is 2.20 bits per heavy atom. The number of amides is 1. The average molecular weight is 308 g/mol. The van der Waals surface area contributed by atoms with Crippen molar-refractivity contribution >= 4 is 38.9 Å². The van der Waals surface area contributed by atoms with Crippen LogP contribution < -0.4 is 0 Å². The first kappa shape index (κ1) is 13.9. The highest BCUT2D eigenvalue weighted by atomic mass is 35.5. The van der Waals surface area contributed by atoms with Crippen molar-refractivity contribution in [3.8, 4) is 0 Å².